The van der Waals surface area contributed by atoms with Gasteiger partial charge < -0.3 is 9.47 Å². The zero-order chi connectivity index (χ0) is 18.4. The quantitative estimate of drug-likeness (QED) is 0.730. The molecule has 2 rings (SSSR count). The number of ether oxygens (including phenoxy) is 2. The Morgan fingerprint density at radius 3 is 2.12 bits per heavy atom. The molecule has 0 unspecified atom stereocenters. The maximum Gasteiger partial charge on any atom is 0.240 e. The maximum atomic E-state index is 12.3. The lowest BCUT2D eigenvalue weighted by molar-refractivity contribution is 0.242. The second-order valence-electron chi connectivity index (χ2n) is 6.21. The van der Waals surface area contributed by atoms with Gasteiger partial charge >= 0.3 is 0 Å². The van der Waals surface area contributed by atoms with Gasteiger partial charge in [0.2, 0.25) is 10.0 Å². The van der Waals surface area contributed by atoms with Crippen LogP contribution < -0.4 is 14.2 Å². The lowest BCUT2D eigenvalue weighted by atomic mass is 10.1. The van der Waals surface area contributed by atoms with E-state index >= 15 is 0 Å². The van der Waals surface area contributed by atoms with Crippen LogP contribution in [0.4, 0.5) is 0 Å². The van der Waals surface area contributed by atoms with Crippen molar-refractivity contribution < 1.29 is 17.9 Å². The zero-order valence-electron chi connectivity index (χ0n) is 15.1. The fourth-order valence-electron chi connectivity index (χ4n) is 2.41. The summed E-state index contributed by atoms with van der Waals surface area (Å²) in [5, 5.41) is 0. The van der Waals surface area contributed by atoms with Gasteiger partial charge in [-0.25, -0.2) is 13.1 Å². The summed E-state index contributed by atoms with van der Waals surface area (Å²) in [5.74, 6) is 1.39. The van der Waals surface area contributed by atoms with Crippen molar-refractivity contribution in [2.24, 2.45) is 0 Å². The standard InChI is InChI=1S/C19H25NO4S/c1-14(2)24-17-5-7-19(8-6-17)25(21,22)20-9-10-23-18-12-15(3)11-16(4)13-18/h5-8,11-14,20H,9-10H2,1-4H3. The van der Waals surface area contributed by atoms with E-state index in [1.807, 2.05) is 39.8 Å². The summed E-state index contributed by atoms with van der Waals surface area (Å²) in [6.45, 7) is 8.28. The molecular weight excluding hydrogens is 338 g/mol. The third kappa shape index (κ3) is 6.07. The highest BCUT2D eigenvalue weighted by Gasteiger charge is 2.13. The number of rotatable bonds is 8. The van der Waals surface area contributed by atoms with Gasteiger partial charge in [-0.15, -0.1) is 0 Å². The Kier molecular flexibility index (Phi) is 6.45. The van der Waals surface area contributed by atoms with Crippen molar-refractivity contribution in [3.63, 3.8) is 0 Å². The van der Waals surface area contributed by atoms with Crippen molar-refractivity contribution in [2.75, 3.05) is 13.2 Å². The molecule has 136 valence electrons. The second kappa shape index (κ2) is 8.36. The molecule has 1 N–H and O–H groups in total. The molecule has 2 aromatic carbocycles. The van der Waals surface area contributed by atoms with Gasteiger partial charge in [0.25, 0.3) is 0 Å². The molecule has 0 bridgehead atoms. The van der Waals surface area contributed by atoms with Crippen LogP contribution in [-0.4, -0.2) is 27.7 Å². The summed E-state index contributed by atoms with van der Waals surface area (Å²) in [4.78, 5) is 0.204. The van der Waals surface area contributed by atoms with Crippen LogP contribution in [0.2, 0.25) is 0 Å². The highest BCUT2D eigenvalue weighted by Crippen LogP contribution is 2.18. The van der Waals surface area contributed by atoms with E-state index in [0.717, 1.165) is 16.9 Å². The molecule has 25 heavy (non-hydrogen) atoms. The van der Waals surface area contributed by atoms with Crippen LogP contribution in [0.5, 0.6) is 11.5 Å². The van der Waals surface area contributed by atoms with Crippen LogP contribution in [0.15, 0.2) is 47.4 Å². The largest absolute Gasteiger partial charge is 0.492 e. The predicted molar refractivity (Wildman–Crippen MR) is 98.8 cm³/mol. The normalized spacial score (nSPS) is 11.6. The second-order valence-corrected chi connectivity index (χ2v) is 7.97. The van der Waals surface area contributed by atoms with Gasteiger partial charge in [-0.3, -0.25) is 0 Å². The van der Waals surface area contributed by atoms with Crippen LogP contribution >= 0.6 is 0 Å². The van der Waals surface area contributed by atoms with Gasteiger partial charge in [0, 0.05) is 6.54 Å². The Balaban J connectivity index is 1.88. The third-order valence-corrected chi connectivity index (χ3v) is 4.84. The average molecular weight is 363 g/mol. The Bertz CT molecular complexity index is 778. The monoisotopic (exact) mass is 363 g/mol. The number of hydrogen-bond acceptors (Lipinski definition) is 4. The smallest absolute Gasteiger partial charge is 0.240 e. The summed E-state index contributed by atoms with van der Waals surface area (Å²) in [6.07, 6.45) is 0.0444. The lowest BCUT2D eigenvalue weighted by Gasteiger charge is -2.11. The van der Waals surface area contributed by atoms with Crippen molar-refractivity contribution in [3.05, 3.63) is 53.6 Å². The van der Waals surface area contributed by atoms with E-state index in [0.29, 0.717) is 5.75 Å². The first-order valence-corrected chi connectivity index (χ1v) is 9.72. The fourth-order valence-corrected chi connectivity index (χ4v) is 3.43. The molecule has 0 aliphatic carbocycles. The predicted octanol–water partition coefficient (Wildman–Crippen LogP) is 3.45. The molecule has 0 heterocycles. The Morgan fingerprint density at radius 2 is 1.56 bits per heavy atom. The first-order valence-electron chi connectivity index (χ1n) is 8.24. The first kappa shape index (κ1) is 19.3. The van der Waals surface area contributed by atoms with Crippen LogP contribution in [-0.2, 0) is 10.0 Å². The minimum atomic E-state index is -3.56. The van der Waals surface area contributed by atoms with Gasteiger partial charge in [-0.1, -0.05) is 6.07 Å². The van der Waals surface area contributed by atoms with Gasteiger partial charge in [-0.05, 0) is 75.2 Å². The highest BCUT2D eigenvalue weighted by molar-refractivity contribution is 7.89. The lowest BCUT2D eigenvalue weighted by Crippen LogP contribution is -2.28. The maximum absolute atomic E-state index is 12.3. The van der Waals surface area contributed by atoms with Gasteiger partial charge in [-0.2, -0.15) is 0 Å². The van der Waals surface area contributed by atoms with Crippen LogP contribution in [0.3, 0.4) is 0 Å². The van der Waals surface area contributed by atoms with E-state index in [9.17, 15) is 8.42 Å². The fraction of sp³-hybridized carbons (Fsp3) is 0.368. The molecular formula is C19H25NO4S. The van der Waals surface area contributed by atoms with Crippen molar-refractivity contribution >= 4 is 10.0 Å². The van der Waals surface area contributed by atoms with Gasteiger partial charge in [0.1, 0.15) is 18.1 Å². The van der Waals surface area contributed by atoms with Crippen molar-refractivity contribution in [3.8, 4) is 11.5 Å². The average Bonchev–Trinajstić information content (AvgIpc) is 2.51. The number of aryl methyl sites for hydroxylation is 2. The molecule has 0 atom stereocenters. The third-order valence-electron chi connectivity index (χ3n) is 3.36. The molecule has 0 saturated carbocycles. The molecule has 0 saturated heterocycles. The van der Waals surface area contributed by atoms with Crippen molar-refractivity contribution in [1.82, 2.24) is 4.72 Å². The summed E-state index contributed by atoms with van der Waals surface area (Å²) < 4.78 is 38.2. The van der Waals surface area contributed by atoms with Crippen LogP contribution in [0, 0.1) is 13.8 Å². The minimum Gasteiger partial charge on any atom is -0.492 e. The van der Waals surface area contributed by atoms with Crippen LogP contribution in [0.25, 0.3) is 0 Å². The van der Waals surface area contributed by atoms with Crippen molar-refractivity contribution in [2.45, 2.75) is 38.7 Å². The Hall–Kier alpha value is -2.05. The van der Waals surface area contributed by atoms with E-state index in [4.69, 9.17) is 9.47 Å². The molecule has 0 amide bonds. The molecule has 0 aromatic heterocycles. The molecule has 0 spiro atoms. The van der Waals surface area contributed by atoms with E-state index in [1.165, 1.54) is 12.1 Å². The van der Waals surface area contributed by atoms with Crippen molar-refractivity contribution in [1.29, 1.82) is 0 Å². The number of sulfonamides is 1. The van der Waals surface area contributed by atoms with E-state index in [1.54, 1.807) is 12.1 Å². The number of nitrogens with one attached hydrogen (secondary N) is 1. The van der Waals surface area contributed by atoms with E-state index in [2.05, 4.69) is 10.8 Å². The molecule has 0 radical (unpaired) electrons. The molecule has 0 aliphatic rings. The van der Waals surface area contributed by atoms with Gasteiger partial charge in [0.15, 0.2) is 0 Å². The first-order chi connectivity index (χ1) is 11.8. The number of benzene rings is 2. The molecule has 2 aromatic rings. The van der Waals surface area contributed by atoms with Crippen LogP contribution in [0.1, 0.15) is 25.0 Å². The minimum absolute atomic E-state index is 0.0444. The highest BCUT2D eigenvalue weighted by atomic mass is 32.2. The molecule has 0 aliphatic heterocycles. The summed E-state index contributed by atoms with van der Waals surface area (Å²) in [5.41, 5.74) is 2.22. The Morgan fingerprint density at radius 1 is 0.960 bits per heavy atom. The summed E-state index contributed by atoms with van der Waals surface area (Å²) in [6, 6.07) is 12.3. The SMILES string of the molecule is Cc1cc(C)cc(OCCNS(=O)(=O)c2ccc(OC(C)C)cc2)c1. The number of hydrogen-bond donors (Lipinski definition) is 1. The zero-order valence-corrected chi connectivity index (χ0v) is 15.9. The topological polar surface area (TPSA) is 64.6 Å². The summed E-state index contributed by atoms with van der Waals surface area (Å²) >= 11 is 0. The van der Waals surface area contributed by atoms with Gasteiger partial charge in [0.05, 0.1) is 11.0 Å². The molecule has 0 fully saturated rings. The summed E-state index contributed by atoms with van der Waals surface area (Å²) in [7, 11) is -3.56. The van der Waals surface area contributed by atoms with E-state index < -0.39 is 10.0 Å². The van der Waals surface area contributed by atoms with E-state index in [-0.39, 0.29) is 24.2 Å². The molecule has 6 heteroatoms. The Labute approximate surface area is 150 Å². The molecule has 5 nitrogen and oxygen atoms in total.